The highest BCUT2D eigenvalue weighted by Gasteiger charge is 2.21. The van der Waals surface area contributed by atoms with Gasteiger partial charge in [-0.05, 0) is 0 Å². The van der Waals surface area contributed by atoms with Gasteiger partial charge in [0.05, 0.1) is 13.2 Å². The van der Waals surface area contributed by atoms with Crippen molar-refractivity contribution in [1.29, 1.82) is 0 Å². The molecule has 1 aliphatic heterocycles. The summed E-state index contributed by atoms with van der Waals surface area (Å²) >= 11 is 0. The van der Waals surface area contributed by atoms with Crippen molar-refractivity contribution in [2.45, 2.75) is 21.0 Å². The Hall–Kier alpha value is -0.0800. The fraction of sp³-hybridized carbons (Fsp3) is 1.00. The molecule has 1 heterocycles. The van der Waals surface area contributed by atoms with Gasteiger partial charge in [0.25, 0.3) is 0 Å². The van der Waals surface area contributed by atoms with Gasteiger partial charge < -0.3 is 9.47 Å². The number of ether oxygens (including phenoxy) is 2. The Balaban J connectivity index is 0. The van der Waals surface area contributed by atoms with Crippen LogP contribution in [-0.2, 0) is 9.47 Å². The van der Waals surface area contributed by atoms with Crippen molar-refractivity contribution >= 4 is 0 Å². The lowest BCUT2D eigenvalue weighted by Gasteiger charge is -1.84. The van der Waals surface area contributed by atoms with Gasteiger partial charge in [-0.1, -0.05) is 14.9 Å². The topological polar surface area (TPSA) is 21.8 Å². The number of epoxide rings is 1. The van der Waals surface area contributed by atoms with Crippen LogP contribution in [0.1, 0.15) is 14.9 Å². The van der Waals surface area contributed by atoms with E-state index < -0.39 is 0 Å². The average Bonchev–Trinajstić information content (AvgIpc) is 2.21. The van der Waals surface area contributed by atoms with Gasteiger partial charge in [0, 0.05) is 7.11 Å². The molecular weight excluding hydrogens is 104 g/mol. The zero-order valence-corrected chi connectivity index (χ0v) is 3.81. The van der Waals surface area contributed by atoms with Gasteiger partial charge in [0.2, 0.25) is 0 Å². The monoisotopic (exact) mass is 120 g/mol. The van der Waals surface area contributed by atoms with Crippen molar-refractivity contribution in [3.05, 3.63) is 0 Å². The van der Waals surface area contributed by atoms with Crippen molar-refractivity contribution in [2.24, 2.45) is 0 Å². The van der Waals surface area contributed by atoms with E-state index in [1.165, 1.54) is 0 Å². The second-order valence-corrected chi connectivity index (χ2v) is 1.41. The van der Waals surface area contributed by atoms with E-state index in [9.17, 15) is 0 Å². The standard InChI is InChI=1S/C4H8O2.2CH4/c1-5-2-4-3-6-4;;/h4H,2-3H2,1H3;2*1H4. The van der Waals surface area contributed by atoms with Crippen molar-refractivity contribution in [3.63, 3.8) is 0 Å². The first-order valence-corrected chi connectivity index (χ1v) is 2.04. The lowest BCUT2D eigenvalue weighted by Crippen LogP contribution is -1.94. The first-order chi connectivity index (χ1) is 2.93. The van der Waals surface area contributed by atoms with Crippen LogP contribution in [-0.4, -0.2) is 26.4 Å². The van der Waals surface area contributed by atoms with Crippen molar-refractivity contribution in [1.82, 2.24) is 0 Å². The summed E-state index contributed by atoms with van der Waals surface area (Å²) in [5.74, 6) is 0. The lowest BCUT2D eigenvalue weighted by atomic mass is 10.5. The van der Waals surface area contributed by atoms with Crippen LogP contribution in [0.4, 0.5) is 0 Å². The van der Waals surface area contributed by atoms with Gasteiger partial charge in [-0.25, -0.2) is 0 Å². The molecule has 0 bridgehead atoms. The molecule has 0 radical (unpaired) electrons. The van der Waals surface area contributed by atoms with Gasteiger partial charge in [-0.2, -0.15) is 0 Å². The van der Waals surface area contributed by atoms with E-state index >= 15 is 0 Å². The van der Waals surface area contributed by atoms with Gasteiger partial charge >= 0.3 is 0 Å². The number of methoxy groups -OCH3 is 1. The maximum atomic E-state index is 4.82. The summed E-state index contributed by atoms with van der Waals surface area (Å²) in [6, 6.07) is 0. The number of hydrogen-bond donors (Lipinski definition) is 0. The molecule has 0 aromatic heterocycles. The van der Waals surface area contributed by atoms with Gasteiger partial charge in [-0.15, -0.1) is 0 Å². The fourth-order valence-electron chi connectivity index (χ4n) is 0.350. The third-order valence-electron chi connectivity index (χ3n) is 0.755. The lowest BCUT2D eigenvalue weighted by molar-refractivity contribution is 0.171. The molecule has 1 saturated heterocycles. The van der Waals surface area contributed by atoms with Gasteiger partial charge in [0.1, 0.15) is 6.10 Å². The quantitative estimate of drug-likeness (QED) is 0.512. The molecule has 0 aromatic rings. The van der Waals surface area contributed by atoms with Crippen LogP contribution in [0.5, 0.6) is 0 Å². The third-order valence-corrected chi connectivity index (χ3v) is 0.755. The van der Waals surface area contributed by atoms with Crippen LogP contribution in [0, 0.1) is 0 Å². The molecule has 2 heteroatoms. The Kier molecular flexibility index (Phi) is 6.85. The highest BCUT2D eigenvalue weighted by Crippen LogP contribution is 2.06. The van der Waals surface area contributed by atoms with Crippen LogP contribution in [0.2, 0.25) is 0 Å². The Morgan fingerprint density at radius 1 is 1.62 bits per heavy atom. The Bertz CT molecular complexity index is 41.8. The summed E-state index contributed by atoms with van der Waals surface area (Å²) in [5, 5.41) is 0. The maximum Gasteiger partial charge on any atom is 0.104 e. The highest BCUT2D eigenvalue weighted by molar-refractivity contribution is 4.66. The van der Waals surface area contributed by atoms with Crippen molar-refractivity contribution in [3.8, 4) is 0 Å². The molecule has 1 fully saturated rings. The Morgan fingerprint density at radius 2 is 2.12 bits per heavy atom. The second-order valence-electron chi connectivity index (χ2n) is 1.41. The molecule has 0 spiro atoms. The van der Waals surface area contributed by atoms with Gasteiger partial charge in [0.15, 0.2) is 0 Å². The Labute approximate surface area is 51.8 Å². The molecule has 2 nitrogen and oxygen atoms in total. The molecule has 0 saturated carbocycles. The largest absolute Gasteiger partial charge is 0.382 e. The molecule has 1 atom stereocenters. The molecule has 0 aliphatic carbocycles. The summed E-state index contributed by atoms with van der Waals surface area (Å²) in [6.07, 6.45) is 0.426. The van der Waals surface area contributed by atoms with E-state index in [1.807, 2.05) is 0 Å². The molecule has 1 rings (SSSR count). The smallest absolute Gasteiger partial charge is 0.104 e. The van der Waals surface area contributed by atoms with Crippen molar-refractivity contribution in [2.75, 3.05) is 20.3 Å². The minimum absolute atomic E-state index is 0. The Morgan fingerprint density at radius 3 is 2.25 bits per heavy atom. The third kappa shape index (κ3) is 4.09. The van der Waals surface area contributed by atoms with Crippen LogP contribution >= 0.6 is 0 Å². The van der Waals surface area contributed by atoms with E-state index in [0.29, 0.717) is 6.10 Å². The summed E-state index contributed by atoms with van der Waals surface area (Å²) in [6.45, 7) is 1.66. The molecule has 0 amide bonds. The number of rotatable bonds is 2. The van der Waals surface area contributed by atoms with Crippen LogP contribution in [0.3, 0.4) is 0 Å². The molecule has 0 N–H and O–H groups in total. The van der Waals surface area contributed by atoms with E-state index in [4.69, 9.17) is 9.47 Å². The van der Waals surface area contributed by atoms with E-state index in [0.717, 1.165) is 13.2 Å². The van der Waals surface area contributed by atoms with Crippen LogP contribution < -0.4 is 0 Å². The summed E-state index contributed by atoms with van der Waals surface area (Å²) in [7, 11) is 1.68. The zero-order chi connectivity index (χ0) is 4.41. The zero-order valence-electron chi connectivity index (χ0n) is 3.81. The summed E-state index contributed by atoms with van der Waals surface area (Å²) in [4.78, 5) is 0. The molecular formula is C6H16O2. The second kappa shape index (κ2) is 5.06. The van der Waals surface area contributed by atoms with Crippen LogP contribution in [0.15, 0.2) is 0 Å². The first kappa shape index (κ1) is 10.8. The molecule has 8 heavy (non-hydrogen) atoms. The highest BCUT2D eigenvalue weighted by atomic mass is 16.6. The van der Waals surface area contributed by atoms with Crippen molar-refractivity contribution < 1.29 is 9.47 Å². The first-order valence-electron chi connectivity index (χ1n) is 2.04. The van der Waals surface area contributed by atoms with E-state index in [-0.39, 0.29) is 14.9 Å². The molecule has 0 aromatic carbocycles. The normalized spacial score (nSPS) is 22.9. The molecule has 52 valence electrons. The minimum atomic E-state index is 0. The van der Waals surface area contributed by atoms with Crippen LogP contribution in [0.25, 0.3) is 0 Å². The summed E-state index contributed by atoms with van der Waals surface area (Å²) in [5.41, 5.74) is 0. The van der Waals surface area contributed by atoms with E-state index in [2.05, 4.69) is 0 Å². The summed E-state index contributed by atoms with van der Waals surface area (Å²) < 4.78 is 9.56. The molecule has 1 aliphatic rings. The number of hydrogen-bond acceptors (Lipinski definition) is 2. The SMILES string of the molecule is C.C.COCC1CO1. The maximum absolute atomic E-state index is 4.82. The van der Waals surface area contributed by atoms with Gasteiger partial charge in [-0.3, -0.25) is 0 Å². The van der Waals surface area contributed by atoms with E-state index in [1.54, 1.807) is 7.11 Å². The predicted molar refractivity (Wildman–Crippen MR) is 35.1 cm³/mol. The minimum Gasteiger partial charge on any atom is -0.382 e. The average molecular weight is 120 g/mol. The predicted octanol–water partition coefficient (Wildman–Crippen LogP) is 1.30. The molecule has 1 unspecified atom stereocenters. The fourth-order valence-corrected chi connectivity index (χ4v) is 0.350.